The molecule has 0 bridgehead atoms. The van der Waals surface area contributed by atoms with Crippen LogP contribution in [0.1, 0.15) is 24.8 Å². The van der Waals surface area contributed by atoms with Gasteiger partial charge in [-0.25, -0.2) is 0 Å². The van der Waals surface area contributed by atoms with Gasteiger partial charge in [0.05, 0.1) is 5.41 Å². The molecule has 5 nitrogen and oxygen atoms in total. The minimum absolute atomic E-state index is 0.0760. The maximum absolute atomic E-state index is 12.9. The number of hydrogen-bond donors (Lipinski definition) is 2. The standard InChI is InChI=1S/C22H27N3O2S/c23-21(27)22(8-11-25(15-22)20(26)17-6-9-24-10-7-17)14-16-3-1-4-18(13-16)19-5-2-12-28-19/h1-5,12-13,17,24H,6-11,14-15H2,(H2,23,27). The molecule has 1 unspecified atom stereocenters. The zero-order valence-corrected chi connectivity index (χ0v) is 16.8. The second-order valence-electron chi connectivity index (χ2n) is 8.03. The number of nitrogens with one attached hydrogen (secondary N) is 1. The van der Waals surface area contributed by atoms with Crippen molar-refractivity contribution in [1.29, 1.82) is 0 Å². The number of likely N-dealkylation sites (tertiary alicyclic amines) is 1. The van der Waals surface area contributed by atoms with Crippen LogP contribution in [0.3, 0.4) is 0 Å². The summed E-state index contributed by atoms with van der Waals surface area (Å²) in [4.78, 5) is 28.5. The first-order valence-electron chi connectivity index (χ1n) is 10.00. The summed E-state index contributed by atoms with van der Waals surface area (Å²) in [5.41, 5.74) is 7.46. The van der Waals surface area contributed by atoms with Crippen LogP contribution in [0.15, 0.2) is 41.8 Å². The summed E-state index contributed by atoms with van der Waals surface area (Å²) in [6.07, 6.45) is 2.98. The molecule has 2 fully saturated rings. The Morgan fingerprint density at radius 1 is 1.21 bits per heavy atom. The normalized spacial score (nSPS) is 23.1. The van der Waals surface area contributed by atoms with Gasteiger partial charge >= 0.3 is 0 Å². The van der Waals surface area contributed by atoms with Crippen molar-refractivity contribution in [2.45, 2.75) is 25.7 Å². The van der Waals surface area contributed by atoms with Crippen LogP contribution < -0.4 is 11.1 Å². The van der Waals surface area contributed by atoms with Gasteiger partial charge in [0.15, 0.2) is 0 Å². The van der Waals surface area contributed by atoms with Crippen molar-refractivity contribution in [3.8, 4) is 10.4 Å². The first-order valence-corrected chi connectivity index (χ1v) is 10.9. The van der Waals surface area contributed by atoms with Crippen molar-refractivity contribution in [2.24, 2.45) is 17.1 Å². The minimum atomic E-state index is -0.670. The highest BCUT2D eigenvalue weighted by molar-refractivity contribution is 7.13. The second kappa shape index (κ2) is 8.05. The number of benzene rings is 1. The van der Waals surface area contributed by atoms with Gasteiger partial charge in [-0.2, -0.15) is 0 Å². The van der Waals surface area contributed by atoms with E-state index in [1.807, 2.05) is 17.0 Å². The Kier molecular flexibility index (Phi) is 5.51. The number of thiophene rings is 1. The van der Waals surface area contributed by atoms with E-state index in [1.165, 1.54) is 4.88 Å². The maximum Gasteiger partial charge on any atom is 0.225 e. The van der Waals surface area contributed by atoms with Gasteiger partial charge in [0, 0.05) is 23.9 Å². The summed E-state index contributed by atoms with van der Waals surface area (Å²) >= 11 is 1.70. The van der Waals surface area contributed by atoms with Crippen LogP contribution in [0.4, 0.5) is 0 Å². The summed E-state index contributed by atoms with van der Waals surface area (Å²) in [7, 11) is 0. The largest absolute Gasteiger partial charge is 0.369 e. The van der Waals surface area contributed by atoms with Gasteiger partial charge < -0.3 is 16.0 Å². The fourth-order valence-electron chi connectivity index (χ4n) is 4.49. The van der Waals surface area contributed by atoms with E-state index in [2.05, 4.69) is 35.0 Å². The van der Waals surface area contributed by atoms with Crippen molar-refractivity contribution < 1.29 is 9.59 Å². The first kappa shape index (κ1) is 19.2. The lowest BCUT2D eigenvalue weighted by Crippen LogP contribution is -2.45. The molecule has 6 heteroatoms. The molecule has 2 aliphatic rings. The second-order valence-corrected chi connectivity index (χ2v) is 8.98. The number of nitrogens with two attached hydrogens (primary N) is 1. The van der Waals surface area contributed by atoms with Crippen LogP contribution in [0, 0.1) is 11.3 Å². The highest BCUT2D eigenvalue weighted by atomic mass is 32.1. The summed E-state index contributed by atoms with van der Waals surface area (Å²) in [5.74, 6) is -0.0290. The third-order valence-electron chi connectivity index (χ3n) is 6.15. The molecule has 0 radical (unpaired) electrons. The molecule has 0 aliphatic carbocycles. The Hall–Kier alpha value is -2.18. The van der Waals surface area contributed by atoms with Crippen LogP contribution in [-0.2, 0) is 16.0 Å². The molecule has 2 aromatic rings. The molecule has 148 valence electrons. The number of piperidine rings is 1. The molecule has 1 aromatic carbocycles. The number of rotatable bonds is 5. The van der Waals surface area contributed by atoms with Gasteiger partial charge in [0.1, 0.15) is 0 Å². The smallest absolute Gasteiger partial charge is 0.225 e. The van der Waals surface area contributed by atoms with Gasteiger partial charge in [-0.3, -0.25) is 9.59 Å². The summed E-state index contributed by atoms with van der Waals surface area (Å²) in [5, 5.41) is 5.36. The Balaban J connectivity index is 1.51. The molecule has 2 amide bonds. The molecule has 3 N–H and O–H groups in total. The molecule has 0 saturated carbocycles. The summed E-state index contributed by atoms with van der Waals surface area (Å²) < 4.78 is 0. The van der Waals surface area contributed by atoms with Gasteiger partial charge in [-0.05, 0) is 61.3 Å². The lowest BCUT2D eigenvalue weighted by atomic mass is 9.79. The van der Waals surface area contributed by atoms with E-state index in [4.69, 9.17) is 5.73 Å². The van der Waals surface area contributed by atoms with E-state index in [-0.39, 0.29) is 17.7 Å². The number of hydrogen-bond acceptors (Lipinski definition) is 4. The molecule has 2 saturated heterocycles. The molecule has 1 atom stereocenters. The van der Waals surface area contributed by atoms with E-state index < -0.39 is 5.41 Å². The lowest BCUT2D eigenvalue weighted by Gasteiger charge is -2.29. The molecular weight excluding hydrogens is 370 g/mol. The van der Waals surface area contributed by atoms with E-state index in [0.717, 1.165) is 37.1 Å². The first-order chi connectivity index (χ1) is 13.6. The SMILES string of the molecule is NC(=O)C1(Cc2cccc(-c3cccs3)c2)CCN(C(=O)C2CCNCC2)C1. The van der Waals surface area contributed by atoms with Crippen LogP contribution in [-0.4, -0.2) is 42.9 Å². The Morgan fingerprint density at radius 2 is 2.04 bits per heavy atom. The van der Waals surface area contributed by atoms with Crippen LogP contribution in [0.5, 0.6) is 0 Å². The zero-order valence-electron chi connectivity index (χ0n) is 16.0. The molecule has 2 aliphatic heterocycles. The number of primary amides is 1. The highest BCUT2D eigenvalue weighted by Gasteiger charge is 2.45. The monoisotopic (exact) mass is 397 g/mol. The average molecular weight is 398 g/mol. The third-order valence-corrected chi connectivity index (χ3v) is 7.07. The highest BCUT2D eigenvalue weighted by Crippen LogP contribution is 2.36. The fraction of sp³-hybridized carbons (Fsp3) is 0.455. The fourth-order valence-corrected chi connectivity index (χ4v) is 5.21. The predicted octanol–water partition coefficient (Wildman–Crippen LogP) is 2.66. The molecule has 28 heavy (non-hydrogen) atoms. The van der Waals surface area contributed by atoms with E-state index >= 15 is 0 Å². The van der Waals surface area contributed by atoms with Crippen molar-refractivity contribution in [2.75, 3.05) is 26.2 Å². The Morgan fingerprint density at radius 3 is 2.75 bits per heavy atom. The van der Waals surface area contributed by atoms with Gasteiger partial charge in [-0.15, -0.1) is 11.3 Å². The number of carbonyl (C=O) groups excluding carboxylic acids is 2. The van der Waals surface area contributed by atoms with Crippen LogP contribution >= 0.6 is 11.3 Å². The third kappa shape index (κ3) is 3.84. The van der Waals surface area contributed by atoms with Gasteiger partial charge in [0.2, 0.25) is 11.8 Å². The Labute approximate surface area is 169 Å². The molecule has 1 aromatic heterocycles. The predicted molar refractivity (Wildman–Crippen MR) is 112 cm³/mol. The maximum atomic E-state index is 12.9. The van der Waals surface area contributed by atoms with E-state index in [1.54, 1.807) is 11.3 Å². The average Bonchev–Trinajstić information content (AvgIpc) is 3.39. The topological polar surface area (TPSA) is 75.4 Å². The molecular formula is C22H27N3O2S. The van der Waals surface area contributed by atoms with Crippen LogP contribution in [0.2, 0.25) is 0 Å². The van der Waals surface area contributed by atoms with E-state index in [0.29, 0.717) is 25.9 Å². The molecule has 3 heterocycles. The van der Waals surface area contributed by atoms with E-state index in [9.17, 15) is 9.59 Å². The lowest BCUT2D eigenvalue weighted by molar-refractivity contribution is -0.136. The quantitative estimate of drug-likeness (QED) is 0.814. The number of amides is 2. The van der Waals surface area contributed by atoms with Crippen LogP contribution in [0.25, 0.3) is 10.4 Å². The Bertz CT molecular complexity index is 845. The van der Waals surface area contributed by atoms with Crippen molar-refractivity contribution >= 4 is 23.2 Å². The van der Waals surface area contributed by atoms with Crippen molar-refractivity contribution in [1.82, 2.24) is 10.2 Å². The number of carbonyl (C=O) groups is 2. The summed E-state index contributed by atoms with van der Waals surface area (Å²) in [6, 6.07) is 12.5. The minimum Gasteiger partial charge on any atom is -0.369 e. The summed E-state index contributed by atoms with van der Waals surface area (Å²) in [6.45, 7) is 2.84. The zero-order chi connectivity index (χ0) is 19.6. The van der Waals surface area contributed by atoms with Gasteiger partial charge in [-0.1, -0.05) is 30.3 Å². The van der Waals surface area contributed by atoms with Crippen molar-refractivity contribution in [3.05, 3.63) is 47.3 Å². The molecule has 4 rings (SSSR count). The van der Waals surface area contributed by atoms with Crippen molar-refractivity contribution in [3.63, 3.8) is 0 Å². The van der Waals surface area contributed by atoms with Gasteiger partial charge in [0.25, 0.3) is 0 Å². The number of nitrogens with zero attached hydrogens (tertiary/aromatic N) is 1. The molecule has 0 spiro atoms.